The SMILES string of the molecule is COC(=O)/C(C)=C/CC[C@H](C)[C@H]1CC[C@]2(C)C3=CC[C@H]4C(C)(C)C(=O)CC[C@]4(C)[C@H]3CC[C@@]12C. The van der Waals surface area contributed by atoms with E-state index in [-0.39, 0.29) is 22.2 Å². The minimum Gasteiger partial charge on any atom is -0.466 e. The van der Waals surface area contributed by atoms with E-state index in [1.165, 1.54) is 32.8 Å². The van der Waals surface area contributed by atoms with Gasteiger partial charge in [-0.2, -0.15) is 0 Å². The van der Waals surface area contributed by atoms with E-state index >= 15 is 0 Å². The predicted octanol–water partition coefficient (Wildman–Crippen LogP) is 7.70. The Hall–Kier alpha value is -1.38. The van der Waals surface area contributed by atoms with Crippen molar-refractivity contribution in [2.75, 3.05) is 7.11 Å². The Kier molecular flexibility index (Phi) is 6.52. The topological polar surface area (TPSA) is 43.4 Å². The van der Waals surface area contributed by atoms with Gasteiger partial charge in [0.05, 0.1) is 7.11 Å². The number of fused-ring (bicyclic) bond motifs is 5. The van der Waals surface area contributed by atoms with Crippen molar-refractivity contribution in [2.24, 2.45) is 45.3 Å². The molecule has 3 saturated carbocycles. The Bertz CT molecular complexity index is 910. The number of allylic oxidation sites excluding steroid dienone is 3. The molecule has 0 saturated heterocycles. The quantitative estimate of drug-likeness (QED) is 0.236. The van der Waals surface area contributed by atoms with Gasteiger partial charge in [-0.1, -0.05) is 59.3 Å². The molecule has 34 heavy (non-hydrogen) atoms. The third-order valence-corrected chi connectivity index (χ3v) is 11.9. The fourth-order valence-electron chi connectivity index (χ4n) is 9.47. The minimum absolute atomic E-state index is 0.195. The fraction of sp³-hybridized carbons (Fsp3) is 0.806. The lowest BCUT2D eigenvalue weighted by Gasteiger charge is -2.63. The van der Waals surface area contributed by atoms with Crippen LogP contribution < -0.4 is 0 Å². The monoisotopic (exact) mass is 468 g/mol. The number of carbonyl (C=O) groups is 2. The van der Waals surface area contributed by atoms with Gasteiger partial charge in [-0.3, -0.25) is 4.79 Å². The molecule has 0 unspecified atom stereocenters. The molecular formula is C31H48O3. The lowest BCUT2D eigenvalue weighted by atomic mass is 9.41. The van der Waals surface area contributed by atoms with Gasteiger partial charge in [0.25, 0.3) is 0 Å². The first kappa shape index (κ1) is 25.7. The van der Waals surface area contributed by atoms with Crippen LogP contribution in [-0.2, 0) is 14.3 Å². The van der Waals surface area contributed by atoms with Crippen LogP contribution >= 0.6 is 0 Å². The van der Waals surface area contributed by atoms with Crippen LogP contribution in [0.1, 0.15) is 106 Å². The summed E-state index contributed by atoms with van der Waals surface area (Å²) in [5, 5.41) is 0. The molecule has 3 heteroatoms. The Balaban J connectivity index is 1.56. The Labute approximate surface area is 208 Å². The highest BCUT2D eigenvalue weighted by molar-refractivity contribution is 5.87. The molecule has 0 aromatic carbocycles. The number of hydrogen-bond donors (Lipinski definition) is 0. The summed E-state index contributed by atoms with van der Waals surface area (Å²) in [5.74, 6) is 2.74. The predicted molar refractivity (Wildman–Crippen MR) is 138 cm³/mol. The number of esters is 1. The van der Waals surface area contributed by atoms with Crippen molar-refractivity contribution < 1.29 is 14.3 Å². The summed E-state index contributed by atoms with van der Waals surface area (Å²) < 4.78 is 4.85. The molecule has 0 aliphatic heterocycles. The molecule has 3 nitrogen and oxygen atoms in total. The van der Waals surface area contributed by atoms with E-state index in [9.17, 15) is 9.59 Å². The summed E-state index contributed by atoms with van der Waals surface area (Å²) in [7, 11) is 1.45. The Morgan fingerprint density at radius 1 is 1.15 bits per heavy atom. The van der Waals surface area contributed by atoms with Crippen LogP contribution in [0.4, 0.5) is 0 Å². The number of rotatable bonds is 5. The molecule has 4 aliphatic rings. The second-order valence-electron chi connectivity index (χ2n) is 13.5. The first-order valence-corrected chi connectivity index (χ1v) is 13.8. The van der Waals surface area contributed by atoms with Crippen LogP contribution in [0.3, 0.4) is 0 Å². The van der Waals surface area contributed by atoms with Crippen molar-refractivity contribution in [3.63, 3.8) is 0 Å². The molecule has 0 spiro atoms. The second kappa shape index (κ2) is 8.63. The van der Waals surface area contributed by atoms with E-state index in [1.807, 2.05) is 6.92 Å². The summed E-state index contributed by atoms with van der Waals surface area (Å²) in [4.78, 5) is 24.5. The zero-order valence-electron chi connectivity index (χ0n) is 23.1. The minimum atomic E-state index is -0.213. The Morgan fingerprint density at radius 3 is 2.53 bits per heavy atom. The third-order valence-electron chi connectivity index (χ3n) is 11.9. The molecule has 3 fully saturated rings. The second-order valence-corrected chi connectivity index (χ2v) is 13.5. The molecule has 0 aromatic rings. The van der Waals surface area contributed by atoms with Gasteiger partial charge >= 0.3 is 5.97 Å². The van der Waals surface area contributed by atoms with Crippen LogP contribution in [0.25, 0.3) is 0 Å². The average molecular weight is 469 g/mol. The summed E-state index contributed by atoms with van der Waals surface area (Å²) in [6, 6.07) is 0. The molecule has 0 aromatic heterocycles. The van der Waals surface area contributed by atoms with E-state index < -0.39 is 0 Å². The number of carbonyl (C=O) groups excluding carboxylic acids is 2. The highest BCUT2D eigenvalue weighted by atomic mass is 16.5. The van der Waals surface area contributed by atoms with Crippen molar-refractivity contribution >= 4 is 11.8 Å². The molecule has 190 valence electrons. The van der Waals surface area contributed by atoms with Gasteiger partial charge < -0.3 is 4.74 Å². The van der Waals surface area contributed by atoms with Crippen LogP contribution in [0.5, 0.6) is 0 Å². The van der Waals surface area contributed by atoms with Crippen molar-refractivity contribution in [3.8, 4) is 0 Å². The molecule has 0 bridgehead atoms. The molecule has 0 heterocycles. The van der Waals surface area contributed by atoms with E-state index in [1.54, 1.807) is 5.57 Å². The Morgan fingerprint density at radius 2 is 1.85 bits per heavy atom. The van der Waals surface area contributed by atoms with E-state index in [0.717, 1.165) is 43.6 Å². The normalized spacial score (nSPS) is 42.2. The van der Waals surface area contributed by atoms with Gasteiger partial charge in [-0.05, 0) is 98.2 Å². The lowest BCUT2D eigenvalue weighted by molar-refractivity contribution is -0.146. The van der Waals surface area contributed by atoms with E-state index in [0.29, 0.717) is 29.0 Å². The molecule has 4 aliphatic carbocycles. The lowest BCUT2D eigenvalue weighted by Crippen LogP contribution is -2.57. The number of ether oxygens (including phenoxy) is 1. The highest BCUT2D eigenvalue weighted by Gasteiger charge is 2.65. The van der Waals surface area contributed by atoms with Crippen molar-refractivity contribution in [2.45, 2.75) is 106 Å². The zero-order chi connectivity index (χ0) is 25.1. The maximum atomic E-state index is 12.8. The summed E-state index contributed by atoms with van der Waals surface area (Å²) in [6.07, 6.45) is 14.8. The van der Waals surface area contributed by atoms with Gasteiger partial charge in [0.2, 0.25) is 0 Å². The van der Waals surface area contributed by atoms with Crippen LogP contribution in [-0.4, -0.2) is 18.9 Å². The average Bonchev–Trinajstić information content (AvgIpc) is 3.07. The van der Waals surface area contributed by atoms with Crippen LogP contribution in [0, 0.1) is 45.3 Å². The maximum absolute atomic E-state index is 12.8. The third kappa shape index (κ3) is 3.58. The van der Waals surface area contributed by atoms with Crippen molar-refractivity contribution in [1.82, 2.24) is 0 Å². The van der Waals surface area contributed by atoms with Crippen LogP contribution in [0.2, 0.25) is 0 Å². The molecule has 0 amide bonds. The smallest absolute Gasteiger partial charge is 0.333 e. The highest BCUT2D eigenvalue weighted by Crippen LogP contribution is 2.73. The van der Waals surface area contributed by atoms with Crippen molar-refractivity contribution in [1.29, 1.82) is 0 Å². The summed E-state index contributed by atoms with van der Waals surface area (Å²) in [6.45, 7) is 16.4. The molecule has 0 N–H and O–H groups in total. The van der Waals surface area contributed by atoms with Gasteiger partial charge in [0.15, 0.2) is 0 Å². The van der Waals surface area contributed by atoms with Crippen molar-refractivity contribution in [3.05, 3.63) is 23.3 Å². The van der Waals surface area contributed by atoms with E-state index in [4.69, 9.17) is 4.74 Å². The number of hydrogen-bond acceptors (Lipinski definition) is 3. The van der Waals surface area contributed by atoms with E-state index in [2.05, 4.69) is 53.7 Å². The first-order chi connectivity index (χ1) is 15.8. The van der Waals surface area contributed by atoms with Gasteiger partial charge in [-0.25, -0.2) is 4.79 Å². The van der Waals surface area contributed by atoms with Gasteiger partial charge in [-0.15, -0.1) is 0 Å². The summed E-state index contributed by atoms with van der Waals surface area (Å²) >= 11 is 0. The molecule has 4 rings (SSSR count). The largest absolute Gasteiger partial charge is 0.466 e. The first-order valence-electron chi connectivity index (χ1n) is 13.8. The number of ketones is 1. The van der Waals surface area contributed by atoms with Crippen LogP contribution in [0.15, 0.2) is 23.3 Å². The molecule has 7 atom stereocenters. The van der Waals surface area contributed by atoms with Gasteiger partial charge in [0, 0.05) is 17.4 Å². The molecule has 0 radical (unpaired) electrons. The number of Topliss-reactive ketones (excluding diaryl/α,β-unsaturated/α-hetero) is 1. The zero-order valence-corrected chi connectivity index (χ0v) is 23.1. The number of methoxy groups -OCH3 is 1. The molecular weight excluding hydrogens is 420 g/mol. The standard InChI is InChI=1S/C31H48O3/c1-20(10-9-11-21(2)27(33)34-8)22-14-18-31(7)24-12-13-25-28(3,4)26(32)16-17-29(25,5)23(24)15-19-30(22,31)6/h11-12,20,22-23,25H,9-10,13-19H2,1-8H3/b21-11+/t20-,22+,23-,25-,29+,30-,31+/m0/s1. The summed E-state index contributed by atoms with van der Waals surface area (Å²) in [5.41, 5.74) is 3.14. The fourth-order valence-corrected chi connectivity index (χ4v) is 9.47. The maximum Gasteiger partial charge on any atom is 0.333 e. The van der Waals surface area contributed by atoms with Gasteiger partial charge in [0.1, 0.15) is 5.78 Å².